The molecule has 1 amide bonds. The molecule has 4 heteroatoms. The van der Waals surface area contributed by atoms with E-state index in [4.69, 9.17) is 4.98 Å². The summed E-state index contributed by atoms with van der Waals surface area (Å²) in [5.41, 5.74) is 4.15. The van der Waals surface area contributed by atoms with Gasteiger partial charge in [-0.15, -0.1) is 0 Å². The van der Waals surface area contributed by atoms with E-state index >= 15 is 0 Å². The predicted molar refractivity (Wildman–Crippen MR) is 117 cm³/mol. The van der Waals surface area contributed by atoms with Crippen LogP contribution in [0.25, 0.3) is 11.0 Å². The standard InChI is InChI=1S/C24H31N3O/c1-3-5-7-13-23-26-21-11-8-9-12-22(21)27(23)18-24(28)25-20-16-14-19(15-17-20)10-6-4-2/h8-9,11-12,14-17H,3-7,10,13,18H2,1-2H3,(H,25,28). The van der Waals surface area contributed by atoms with Crippen LogP contribution in [-0.2, 0) is 24.2 Å². The molecule has 0 aliphatic carbocycles. The molecule has 1 heterocycles. The minimum absolute atomic E-state index is 0.0128. The van der Waals surface area contributed by atoms with Crippen molar-refractivity contribution in [2.24, 2.45) is 0 Å². The minimum atomic E-state index is -0.0128. The molecular formula is C24H31N3O. The van der Waals surface area contributed by atoms with Gasteiger partial charge in [0.25, 0.3) is 0 Å². The summed E-state index contributed by atoms with van der Waals surface area (Å²) >= 11 is 0. The molecule has 2 aromatic carbocycles. The van der Waals surface area contributed by atoms with E-state index in [1.54, 1.807) is 0 Å². The summed E-state index contributed by atoms with van der Waals surface area (Å²) in [7, 11) is 0. The number of benzene rings is 2. The van der Waals surface area contributed by atoms with Crippen molar-refractivity contribution in [3.8, 4) is 0 Å². The molecule has 0 saturated heterocycles. The first-order valence-corrected chi connectivity index (χ1v) is 10.5. The van der Waals surface area contributed by atoms with Crippen molar-refractivity contribution in [2.75, 3.05) is 5.32 Å². The van der Waals surface area contributed by atoms with Gasteiger partial charge >= 0.3 is 0 Å². The lowest BCUT2D eigenvalue weighted by Gasteiger charge is -2.11. The highest BCUT2D eigenvalue weighted by molar-refractivity contribution is 5.91. The van der Waals surface area contributed by atoms with Gasteiger partial charge < -0.3 is 9.88 Å². The van der Waals surface area contributed by atoms with Crippen LogP contribution >= 0.6 is 0 Å². The normalized spacial score (nSPS) is 11.1. The second-order valence-electron chi connectivity index (χ2n) is 7.41. The number of rotatable bonds is 10. The number of unbranched alkanes of at least 4 members (excludes halogenated alkanes) is 3. The monoisotopic (exact) mass is 377 g/mol. The average molecular weight is 378 g/mol. The smallest absolute Gasteiger partial charge is 0.244 e. The summed E-state index contributed by atoms with van der Waals surface area (Å²) < 4.78 is 2.07. The second kappa shape index (κ2) is 10.1. The van der Waals surface area contributed by atoms with Crippen LogP contribution in [0, 0.1) is 0 Å². The van der Waals surface area contributed by atoms with Crippen LogP contribution in [0.5, 0.6) is 0 Å². The van der Waals surface area contributed by atoms with Crippen LogP contribution in [0.3, 0.4) is 0 Å². The summed E-state index contributed by atoms with van der Waals surface area (Å²) in [6.45, 7) is 4.69. The fraction of sp³-hybridized carbons (Fsp3) is 0.417. The predicted octanol–water partition coefficient (Wildman–Crippen LogP) is 5.75. The van der Waals surface area contributed by atoms with Gasteiger partial charge in [-0.2, -0.15) is 0 Å². The Hall–Kier alpha value is -2.62. The van der Waals surface area contributed by atoms with Crippen molar-refractivity contribution in [3.63, 3.8) is 0 Å². The number of carbonyl (C=O) groups excluding carboxylic acids is 1. The summed E-state index contributed by atoms with van der Waals surface area (Å²) in [6.07, 6.45) is 7.84. The molecule has 4 nitrogen and oxygen atoms in total. The van der Waals surface area contributed by atoms with E-state index in [2.05, 4.69) is 35.9 Å². The van der Waals surface area contributed by atoms with E-state index in [-0.39, 0.29) is 5.91 Å². The van der Waals surface area contributed by atoms with Crippen LogP contribution < -0.4 is 5.32 Å². The summed E-state index contributed by atoms with van der Waals surface area (Å²) in [5, 5.41) is 3.04. The fourth-order valence-corrected chi connectivity index (χ4v) is 3.51. The maximum absolute atomic E-state index is 12.7. The molecule has 0 aliphatic rings. The number of nitrogens with zero attached hydrogens (tertiary/aromatic N) is 2. The molecule has 0 atom stereocenters. The zero-order valence-corrected chi connectivity index (χ0v) is 17.1. The minimum Gasteiger partial charge on any atom is -0.325 e. The Kier molecular flexibility index (Phi) is 7.24. The molecule has 0 saturated carbocycles. The van der Waals surface area contributed by atoms with Gasteiger partial charge in [0.2, 0.25) is 5.91 Å². The van der Waals surface area contributed by atoms with E-state index < -0.39 is 0 Å². The number of imidazole rings is 1. The van der Waals surface area contributed by atoms with Crippen LogP contribution in [0.2, 0.25) is 0 Å². The zero-order chi connectivity index (χ0) is 19.8. The van der Waals surface area contributed by atoms with E-state index in [0.29, 0.717) is 6.54 Å². The van der Waals surface area contributed by atoms with Gasteiger partial charge in [0.15, 0.2) is 0 Å². The molecule has 0 spiro atoms. The largest absolute Gasteiger partial charge is 0.325 e. The summed E-state index contributed by atoms with van der Waals surface area (Å²) in [5.74, 6) is 0.987. The quantitative estimate of drug-likeness (QED) is 0.457. The molecule has 1 aromatic heterocycles. The lowest BCUT2D eigenvalue weighted by molar-refractivity contribution is -0.116. The maximum atomic E-state index is 12.7. The number of anilines is 1. The number of aromatic nitrogens is 2. The molecule has 0 fully saturated rings. The third-order valence-electron chi connectivity index (χ3n) is 5.10. The van der Waals surface area contributed by atoms with Crippen molar-refractivity contribution in [3.05, 3.63) is 59.9 Å². The van der Waals surface area contributed by atoms with E-state index in [1.807, 2.05) is 36.4 Å². The topological polar surface area (TPSA) is 46.9 Å². The van der Waals surface area contributed by atoms with Crippen LogP contribution in [0.15, 0.2) is 48.5 Å². The molecule has 148 valence electrons. The van der Waals surface area contributed by atoms with Gasteiger partial charge in [-0.3, -0.25) is 4.79 Å². The Labute approximate surface area is 168 Å². The number of hydrogen-bond acceptors (Lipinski definition) is 2. The van der Waals surface area contributed by atoms with Crippen LogP contribution in [-0.4, -0.2) is 15.5 Å². The van der Waals surface area contributed by atoms with Gasteiger partial charge in [0.1, 0.15) is 12.4 Å². The molecule has 0 radical (unpaired) electrons. The zero-order valence-electron chi connectivity index (χ0n) is 17.1. The Bertz CT molecular complexity index is 896. The molecule has 0 aliphatic heterocycles. The highest BCUT2D eigenvalue weighted by atomic mass is 16.1. The molecule has 3 aromatic rings. The third kappa shape index (κ3) is 5.22. The number of hydrogen-bond donors (Lipinski definition) is 1. The third-order valence-corrected chi connectivity index (χ3v) is 5.10. The lowest BCUT2D eigenvalue weighted by Crippen LogP contribution is -2.20. The first kappa shape index (κ1) is 20.1. The van der Waals surface area contributed by atoms with Crippen molar-refractivity contribution in [1.29, 1.82) is 0 Å². The lowest BCUT2D eigenvalue weighted by atomic mass is 10.1. The number of fused-ring (bicyclic) bond motifs is 1. The molecule has 3 rings (SSSR count). The van der Waals surface area contributed by atoms with Crippen LogP contribution in [0.1, 0.15) is 57.3 Å². The Morgan fingerprint density at radius 2 is 1.68 bits per heavy atom. The van der Waals surface area contributed by atoms with Gasteiger partial charge in [-0.1, -0.05) is 57.4 Å². The first-order chi connectivity index (χ1) is 13.7. The summed E-state index contributed by atoms with van der Waals surface area (Å²) in [4.78, 5) is 17.5. The van der Waals surface area contributed by atoms with Gasteiger partial charge in [0.05, 0.1) is 11.0 Å². The number of para-hydroxylation sites is 2. The first-order valence-electron chi connectivity index (χ1n) is 10.5. The molecule has 1 N–H and O–H groups in total. The Morgan fingerprint density at radius 3 is 2.43 bits per heavy atom. The van der Waals surface area contributed by atoms with E-state index in [9.17, 15) is 4.79 Å². The summed E-state index contributed by atoms with van der Waals surface area (Å²) in [6, 6.07) is 16.3. The molecule has 28 heavy (non-hydrogen) atoms. The number of nitrogens with one attached hydrogen (secondary N) is 1. The Morgan fingerprint density at radius 1 is 0.929 bits per heavy atom. The SMILES string of the molecule is CCCCCc1nc2ccccc2n1CC(=O)Nc1ccc(CCCC)cc1. The van der Waals surface area contributed by atoms with Gasteiger partial charge in [-0.05, 0) is 49.1 Å². The van der Waals surface area contributed by atoms with E-state index in [0.717, 1.165) is 41.8 Å². The number of carbonyl (C=O) groups is 1. The van der Waals surface area contributed by atoms with Gasteiger partial charge in [-0.25, -0.2) is 4.98 Å². The number of aryl methyl sites for hydroxylation is 2. The maximum Gasteiger partial charge on any atom is 0.244 e. The van der Waals surface area contributed by atoms with Crippen molar-refractivity contribution in [2.45, 2.75) is 65.3 Å². The van der Waals surface area contributed by atoms with Crippen molar-refractivity contribution < 1.29 is 4.79 Å². The highest BCUT2D eigenvalue weighted by Gasteiger charge is 2.13. The molecule has 0 unspecified atom stereocenters. The fourth-order valence-electron chi connectivity index (χ4n) is 3.51. The Balaban J connectivity index is 1.70. The molecule has 0 bridgehead atoms. The van der Waals surface area contributed by atoms with E-state index in [1.165, 1.54) is 31.2 Å². The van der Waals surface area contributed by atoms with Crippen molar-refractivity contribution >= 4 is 22.6 Å². The van der Waals surface area contributed by atoms with Crippen molar-refractivity contribution in [1.82, 2.24) is 9.55 Å². The van der Waals surface area contributed by atoms with Gasteiger partial charge in [0, 0.05) is 12.1 Å². The highest BCUT2D eigenvalue weighted by Crippen LogP contribution is 2.18. The average Bonchev–Trinajstić information content (AvgIpc) is 3.05. The van der Waals surface area contributed by atoms with Crippen LogP contribution in [0.4, 0.5) is 5.69 Å². The second-order valence-corrected chi connectivity index (χ2v) is 7.41. The molecular weight excluding hydrogens is 346 g/mol. The number of amides is 1.